The fourth-order valence-electron chi connectivity index (χ4n) is 2.37. The monoisotopic (exact) mass is 293 g/mol. The van der Waals surface area contributed by atoms with Gasteiger partial charge in [-0.1, -0.05) is 18.2 Å². The molecule has 5 heteroatoms. The minimum atomic E-state index is -0.546. The number of rotatable bonds is 3. The van der Waals surface area contributed by atoms with Crippen LogP contribution in [0.2, 0.25) is 0 Å². The van der Waals surface area contributed by atoms with Crippen molar-refractivity contribution in [2.24, 2.45) is 0 Å². The molecule has 0 spiro atoms. The first kappa shape index (κ1) is 15.6. The number of nitrogens with zero attached hydrogens (tertiary/aromatic N) is 1. The van der Waals surface area contributed by atoms with E-state index in [0.717, 1.165) is 5.75 Å². The molecule has 1 fully saturated rings. The fraction of sp³-hybridized carbons (Fsp3) is 0.562. The molecule has 1 saturated heterocycles. The maximum Gasteiger partial charge on any atom is 0.410 e. The zero-order valence-electron chi connectivity index (χ0n) is 12.8. The Morgan fingerprint density at radius 2 is 2.00 bits per heavy atom. The lowest BCUT2D eigenvalue weighted by molar-refractivity contribution is 0.0165. The molecule has 1 aromatic rings. The normalized spacial score (nSPS) is 22.2. The third-order valence-electron chi connectivity index (χ3n) is 3.26. The number of ether oxygens (including phenoxy) is 2. The molecule has 1 heterocycles. The van der Waals surface area contributed by atoms with Crippen LogP contribution >= 0.6 is 0 Å². The number of benzene rings is 1. The van der Waals surface area contributed by atoms with Gasteiger partial charge < -0.3 is 14.6 Å². The molecule has 21 heavy (non-hydrogen) atoms. The lowest BCUT2D eigenvalue weighted by Crippen LogP contribution is -2.41. The van der Waals surface area contributed by atoms with E-state index in [1.165, 1.54) is 0 Å². The van der Waals surface area contributed by atoms with Gasteiger partial charge in [0.1, 0.15) is 17.5 Å². The first-order valence-electron chi connectivity index (χ1n) is 7.21. The summed E-state index contributed by atoms with van der Waals surface area (Å²) in [5.74, 6) is 0.769. The topological polar surface area (TPSA) is 59.0 Å². The van der Waals surface area contributed by atoms with Crippen molar-refractivity contribution in [1.82, 2.24) is 4.90 Å². The van der Waals surface area contributed by atoms with Gasteiger partial charge in [0.05, 0.1) is 19.2 Å². The van der Waals surface area contributed by atoms with E-state index in [2.05, 4.69) is 0 Å². The molecule has 1 aromatic carbocycles. The van der Waals surface area contributed by atoms with Crippen LogP contribution in [-0.2, 0) is 4.74 Å². The molecule has 0 unspecified atom stereocenters. The standard InChI is InChI=1S/C16H23NO4/c1-16(2,3)21-15(19)17-10-14(9-12(17)11-18)20-13-7-5-4-6-8-13/h4-8,12,14,18H,9-11H2,1-3H3/t12-,14-/m0/s1. The van der Waals surface area contributed by atoms with Gasteiger partial charge >= 0.3 is 6.09 Å². The Bertz CT molecular complexity index is 469. The van der Waals surface area contributed by atoms with Gasteiger partial charge in [-0.25, -0.2) is 4.79 Å². The first-order chi connectivity index (χ1) is 9.89. The van der Waals surface area contributed by atoms with Crippen LogP contribution in [0.3, 0.4) is 0 Å². The highest BCUT2D eigenvalue weighted by Crippen LogP contribution is 2.24. The summed E-state index contributed by atoms with van der Waals surface area (Å²) in [5, 5.41) is 9.46. The van der Waals surface area contributed by atoms with Gasteiger partial charge in [0.2, 0.25) is 0 Å². The molecule has 0 saturated carbocycles. The Labute approximate surface area is 125 Å². The molecule has 116 valence electrons. The van der Waals surface area contributed by atoms with Crippen LogP contribution in [0.4, 0.5) is 4.79 Å². The van der Waals surface area contributed by atoms with Crippen LogP contribution < -0.4 is 4.74 Å². The number of likely N-dealkylation sites (tertiary alicyclic amines) is 1. The highest BCUT2D eigenvalue weighted by atomic mass is 16.6. The summed E-state index contributed by atoms with van der Waals surface area (Å²) in [6.07, 6.45) is 0.0720. The molecule has 1 aliphatic rings. The SMILES string of the molecule is CC(C)(C)OC(=O)N1C[C@@H](Oc2ccccc2)C[C@H]1CO. The molecular formula is C16H23NO4. The molecule has 0 radical (unpaired) electrons. The lowest BCUT2D eigenvalue weighted by Gasteiger charge is -2.27. The number of amides is 1. The zero-order chi connectivity index (χ0) is 15.5. The number of aliphatic hydroxyl groups excluding tert-OH is 1. The largest absolute Gasteiger partial charge is 0.489 e. The Balaban J connectivity index is 1.99. The number of para-hydroxylation sites is 1. The second-order valence-corrected chi connectivity index (χ2v) is 6.26. The second-order valence-electron chi connectivity index (χ2n) is 6.26. The molecule has 0 bridgehead atoms. The molecule has 0 aliphatic carbocycles. The first-order valence-corrected chi connectivity index (χ1v) is 7.21. The average Bonchev–Trinajstić information content (AvgIpc) is 2.81. The number of hydrogen-bond acceptors (Lipinski definition) is 4. The lowest BCUT2D eigenvalue weighted by atomic mass is 10.2. The van der Waals surface area contributed by atoms with E-state index in [-0.39, 0.29) is 18.8 Å². The van der Waals surface area contributed by atoms with Crippen LogP contribution in [0.5, 0.6) is 5.75 Å². The molecule has 5 nitrogen and oxygen atoms in total. The predicted octanol–water partition coefficient (Wildman–Crippen LogP) is 2.44. The summed E-state index contributed by atoms with van der Waals surface area (Å²) >= 11 is 0. The van der Waals surface area contributed by atoms with E-state index in [4.69, 9.17) is 9.47 Å². The number of carbonyl (C=O) groups is 1. The van der Waals surface area contributed by atoms with Crippen molar-refractivity contribution in [3.8, 4) is 5.75 Å². The maximum atomic E-state index is 12.2. The van der Waals surface area contributed by atoms with Crippen LogP contribution in [-0.4, -0.2) is 47.0 Å². The molecule has 0 aromatic heterocycles. The molecule has 1 N–H and O–H groups in total. The number of aliphatic hydroxyl groups is 1. The van der Waals surface area contributed by atoms with E-state index >= 15 is 0 Å². The van der Waals surface area contributed by atoms with Gasteiger partial charge in [0, 0.05) is 6.42 Å². The van der Waals surface area contributed by atoms with Gasteiger partial charge in [-0.05, 0) is 32.9 Å². The van der Waals surface area contributed by atoms with Gasteiger partial charge in [0.15, 0.2) is 0 Å². The van der Waals surface area contributed by atoms with Gasteiger partial charge in [0.25, 0.3) is 0 Å². The van der Waals surface area contributed by atoms with Crippen LogP contribution in [0, 0.1) is 0 Å². The number of hydrogen-bond donors (Lipinski definition) is 1. The van der Waals surface area contributed by atoms with Crippen molar-refractivity contribution in [2.75, 3.05) is 13.2 Å². The Kier molecular flexibility index (Phi) is 4.73. The van der Waals surface area contributed by atoms with Crippen molar-refractivity contribution in [3.63, 3.8) is 0 Å². The summed E-state index contributed by atoms with van der Waals surface area (Å²) in [6.45, 7) is 5.82. The third-order valence-corrected chi connectivity index (χ3v) is 3.26. The van der Waals surface area contributed by atoms with Crippen LogP contribution in [0.15, 0.2) is 30.3 Å². The number of carbonyl (C=O) groups excluding carboxylic acids is 1. The molecule has 2 atom stereocenters. The van der Waals surface area contributed by atoms with Crippen molar-refractivity contribution in [1.29, 1.82) is 0 Å². The summed E-state index contributed by atoms with van der Waals surface area (Å²) in [6, 6.07) is 9.23. The molecule has 1 aliphatic heterocycles. The van der Waals surface area contributed by atoms with E-state index in [0.29, 0.717) is 13.0 Å². The summed E-state index contributed by atoms with van der Waals surface area (Å²) in [7, 11) is 0. The quantitative estimate of drug-likeness (QED) is 0.930. The highest BCUT2D eigenvalue weighted by molar-refractivity contribution is 5.69. The Morgan fingerprint density at radius 3 is 2.57 bits per heavy atom. The minimum Gasteiger partial charge on any atom is -0.489 e. The Hall–Kier alpha value is -1.75. The summed E-state index contributed by atoms with van der Waals surface area (Å²) in [4.78, 5) is 13.7. The zero-order valence-corrected chi connectivity index (χ0v) is 12.8. The smallest absolute Gasteiger partial charge is 0.410 e. The van der Waals surface area contributed by atoms with Crippen molar-refractivity contribution < 1.29 is 19.4 Å². The predicted molar refractivity (Wildman–Crippen MR) is 79.3 cm³/mol. The van der Waals surface area contributed by atoms with Gasteiger partial charge in [-0.3, -0.25) is 4.90 Å². The highest BCUT2D eigenvalue weighted by Gasteiger charge is 2.38. The van der Waals surface area contributed by atoms with E-state index in [9.17, 15) is 9.90 Å². The van der Waals surface area contributed by atoms with Crippen molar-refractivity contribution in [2.45, 2.75) is 44.9 Å². The fourth-order valence-corrected chi connectivity index (χ4v) is 2.37. The molecule has 1 amide bonds. The minimum absolute atomic E-state index is 0.0894. The average molecular weight is 293 g/mol. The van der Waals surface area contributed by atoms with Crippen LogP contribution in [0.1, 0.15) is 27.2 Å². The van der Waals surface area contributed by atoms with Crippen molar-refractivity contribution >= 4 is 6.09 Å². The van der Waals surface area contributed by atoms with E-state index < -0.39 is 11.7 Å². The third kappa shape index (κ3) is 4.36. The summed E-state index contributed by atoms with van der Waals surface area (Å²) < 4.78 is 11.2. The van der Waals surface area contributed by atoms with Gasteiger partial charge in [-0.2, -0.15) is 0 Å². The van der Waals surface area contributed by atoms with E-state index in [1.807, 2.05) is 51.1 Å². The molecule has 2 rings (SSSR count). The maximum absolute atomic E-state index is 12.2. The van der Waals surface area contributed by atoms with Crippen LogP contribution in [0.25, 0.3) is 0 Å². The van der Waals surface area contributed by atoms with E-state index in [1.54, 1.807) is 4.90 Å². The second kappa shape index (κ2) is 6.35. The van der Waals surface area contributed by atoms with Gasteiger partial charge in [-0.15, -0.1) is 0 Å². The summed E-state index contributed by atoms with van der Waals surface area (Å²) in [5.41, 5.74) is -0.546. The van der Waals surface area contributed by atoms with Crippen molar-refractivity contribution in [3.05, 3.63) is 30.3 Å². The Morgan fingerprint density at radius 1 is 1.33 bits per heavy atom. The molecular weight excluding hydrogens is 270 g/mol.